The zero-order valence-corrected chi connectivity index (χ0v) is 21.1. The Morgan fingerprint density at radius 3 is 2.28 bits per heavy atom. The zero-order chi connectivity index (χ0) is 25.8. The maximum absolute atomic E-state index is 13.2. The molecule has 4 rings (SSSR count). The van der Waals surface area contributed by atoms with Crippen LogP contribution in [0.1, 0.15) is 47.6 Å². The van der Waals surface area contributed by atoms with Gasteiger partial charge in [-0.2, -0.15) is 0 Å². The number of aliphatic hydroxyl groups is 1. The maximum Gasteiger partial charge on any atom is 0.338 e. The number of carbonyl (C=O) groups excluding carboxylic acids is 3. The summed E-state index contributed by atoms with van der Waals surface area (Å²) in [4.78, 5) is 40.8. The van der Waals surface area contributed by atoms with Gasteiger partial charge in [0.05, 0.1) is 24.4 Å². The van der Waals surface area contributed by atoms with Crippen LogP contribution in [0.3, 0.4) is 0 Å². The van der Waals surface area contributed by atoms with E-state index in [9.17, 15) is 19.5 Å². The molecule has 0 aliphatic carbocycles. The second-order valence-electron chi connectivity index (χ2n) is 8.68. The number of carbonyl (C=O) groups is 3. The average Bonchev–Trinajstić information content (AvgIpc) is 3.50. The van der Waals surface area contributed by atoms with Gasteiger partial charge >= 0.3 is 5.97 Å². The Hall–Kier alpha value is -3.91. The van der Waals surface area contributed by atoms with Crippen LogP contribution < -0.4 is 9.64 Å². The highest BCUT2D eigenvalue weighted by Gasteiger charge is 2.47. The largest absolute Gasteiger partial charge is 0.507 e. The molecule has 2 heterocycles. The van der Waals surface area contributed by atoms with Gasteiger partial charge in [0.25, 0.3) is 11.7 Å². The number of nitrogens with zero attached hydrogens (tertiary/aromatic N) is 1. The molecular formula is C28H27NO6S. The Labute approximate surface area is 213 Å². The van der Waals surface area contributed by atoms with Gasteiger partial charge in [0.15, 0.2) is 0 Å². The number of hydrogen-bond donors (Lipinski definition) is 1. The smallest absolute Gasteiger partial charge is 0.338 e. The molecule has 1 atom stereocenters. The van der Waals surface area contributed by atoms with Gasteiger partial charge in [-0.25, -0.2) is 4.79 Å². The van der Waals surface area contributed by atoms with E-state index in [4.69, 9.17) is 9.47 Å². The van der Waals surface area contributed by atoms with Crippen molar-refractivity contribution in [3.05, 3.63) is 87.6 Å². The molecule has 186 valence electrons. The molecule has 1 unspecified atom stereocenters. The number of ketones is 1. The molecule has 2 aromatic carbocycles. The first kappa shape index (κ1) is 25.2. The Kier molecular flexibility index (Phi) is 7.55. The van der Waals surface area contributed by atoms with Gasteiger partial charge in [-0.1, -0.05) is 19.9 Å². The Morgan fingerprint density at radius 1 is 1.03 bits per heavy atom. The fourth-order valence-electron chi connectivity index (χ4n) is 3.93. The van der Waals surface area contributed by atoms with E-state index in [1.54, 1.807) is 48.5 Å². The lowest BCUT2D eigenvalue weighted by Crippen LogP contribution is -2.29. The minimum absolute atomic E-state index is 0.00651. The lowest BCUT2D eigenvalue weighted by Gasteiger charge is -2.24. The van der Waals surface area contributed by atoms with Crippen LogP contribution in [0.5, 0.6) is 5.75 Å². The highest BCUT2D eigenvalue weighted by atomic mass is 32.1. The summed E-state index contributed by atoms with van der Waals surface area (Å²) >= 11 is 1.38. The van der Waals surface area contributed by atoms with Crippen LogP contribution in [0.25, 0.3) is 5.76 Å². The highest BCUT2D eigenvalue weighted by molar-refractivity contribution is 7.10. The number of anilines is 1. The Morgan fingerprint density at radius 2 is 1.69 bits per heavy atom. The van der Waals surface area contributed by atoms with E-state index >= 15 is 0 Å². The van der Waals surface area contributed by atoms with Gasteiger partial charge in [-0.3, -0.25) is 14.5 Å². The topological polar surface area (TPSA) is 93.1 Å². The van der Waals surface area contributed by atoms with E-state index in [1.807, 2.05) is 38.3 Å². The summed E-state index contributed by atoms with van der Waals surface area (Å²) in [6.45, 7) is 6.58. The summed E-state index contributed by atoms with van der Waals surface area (Å²) in [7, 11) is 0. The van der Waals surface area contributed by atoms with E-state index < -0.39 is 23.7 Å². The molecule has 3 aromatic rings. The minimum Gasteiger partial charge on any atom is -0.507 e. The van der Waals surface area contributed by atoms with Crippen LogP contribution in [0.2, 0.25) is 0 Å². The van der Waals surface area contributed by atoms with Crippen molar-refractivity contribution in [1.29, 1.82) is 0 Å². The van der Waals surface area contributed by atoms with Crippen LogP contribution in [0, 0.1) is 5.92 Å². The van der Waals surface area contributed by atoms with Crippen LogP contribution in [-0.4, -0.2) is 36.0 Å². The van der Waals surface area contributed by atoms with Crippen molar-refractivity contribution in [3.63, 3.8) is 0 Å². The number of thiophene rings is 1. The maximum atomic E-state index is 13.2. The molecule has 0 spiro atoms. The number of esters is 1. The van der Waals surface area contributed by atoms with Gasteiger partial charge in [0, 0.05) is 16.1 Å². The molecule has 0 saturated carbocycles. The molecule has 1 aliphatic heterocycles. The third-order valence-electron chi connectivity index (χ3n) is 5.62. The van der Waals surface area contributed by atoms with Crippen molar-refractivity contribution >= 4 is 40.4 Å². The van der Waals surface area contributed by atoms with Crippen LogP contribution in [0.15, 0.2) is 71.6 Å². The quantitative estimate of drug-likeness (QED) is 0.186. The van der Waals surface area contributed by atoms with Crippen molar-refractivity contribution in [3.8, 4) is 5.75 Å². The van der Waals surface area contributed by atoms with Crippen LogP contribution in [0.4, 0.5) is 5.69 Å². The van der Waals surface area contributed by atoms with Crippen LogP contribution >= 0.6 is 11.3 Å². The first-order valence-electron chi connectivity index (χ1n) is 11.7. The number of aliphatic hydroxyl groups excluding tert-OH is 1. The molecule has 1 fully saturated rings. The molecule has 1 aliphatic rings. The lowest BCUT2D eigenvalue weighted by molar-refractivity contribution is -0.132. The first-order valence-corrected chi connectivity index (χ1v) is 12.5. The van der Waals surface area contributed by atoms with Crippen molar-refractivity contribution in [1.82, 2.24) is 0 Å². The zero-order valence-electron chi connectivity index (χ0n) is 20.3. The number of benzene rings is 2. The first-order chi connectivity index (χ1) is 17.3. The number of hydrogen-bond acceptors (Lipinski definition) is 7. The highest BCUT2D eigenvalue weighted by Crippen LogP contribution is 2.43. The van der Waals surface area contributed by atoms with Crippen molar-refractivity contribution in [2.75, 3.05) is 18.1 Å². The molecule has 1 aromatic heterocycles. The third-order valence-corrected chi connectivity index (χ3v) is 6.55. The average molecular weight is 506 g/mol. The number of rotatable bonds is 8. The number of amides is 1. The van der Waals surface area contributed by atoms with Crippen molar-refractivity contribution in [2.24, 2.45) is 5.92 Å². The molecular weight excluding hydrogens is 478 g/mol. The summed E-state index contributed by atoms with van der Waals surface area (Å²) < 4.78 is 10.7. The second kappa shape index (κ2) is 10.8. The van der Waals surface area contributed by atoms with Crippen LogP contribution in [-0.2, 0) is 14.3 Å². The van der Waals surface area contributed by atoms with Gasteiger partial charge in [0.2, 0.25) is 0 Å². The predicted molar refractivity (Wildman–Crippen MR) is 138 cm³/mol. The SMILES string of the molecule is CCOc1ccc(/C(O)=C2/C(=O)C(=O)N(c3ccc(C(=O)OCC(C)C)cc3)C2c2cccs2)cc1. The van der Waals surface area contributed by atoms with Gasteiger partial charge in [0.1, 0.15) is 17.6 Å². The van der Waals surface area contributed by atoms with Gasteiger partial charge < -0.3 is 14.6 Å². The van der Waals surface area contributed by atoms with E-state index in [-0.39, 0.29) is 17.3 Å². The third kappa shape index (κ3) is 5.04. The van der Waals surface area contributed by atoms with Crippen molar-refractivity contribution < 1.29 is 29.0 Å². The van der Waals surface area contributed by atoms with Gasteiger partial charge in [-0.05, 0) is 72.8 Å². The fourth-order valence-corrected chi connectivity index (χ4v) is 4.75. The monoisotopic (exact) mass is 505 g/mol. The normalized spacial score (nSPS) is 17.0. The summed E-state index contributed by atoms with van der Waals surface area (Å²) in [5.74, 6) is -1.40. The summed E-state index contributed by atoms with van der Waals surface area (Å²) in [5.41, 5.74) is 1.19. The number of ether oxygens (including phenoxy) is 2. The Bertz CT molecular complexity index is 1280. The second-order valence-corrected chi connectivity index (χ2v) is 9.66. The molecule has 1 N–H and O–H groups in total. The van der Waals surface area contributed by atoms with E-state index in [2.05, 4.69) is 0 Å². The van der Waals surface area contributed by atoms with E-state index in [0.29, 0.717) is 35.8 Å². The van der Waals surface area contributed by atoms with E-state index in [1.165, 1.54) is 16.2 Å². The molecule has 0 bridgehead atoms. The molecule has 0 radical (unpaired) electrons. The summed E-state index contributed by atoms with van der Waals surface area (Å²) in [5, 5.41) is 13.0. The van der Waals surface area contributed by atoms with Crippen molar-refractivity contribution in [2.45, 2.75) is 26.8 Å². The minimum atomic E-state index is -0.810. The standard InChI is InChI=1S/C28H27NO6S/c1-4-34-21-13-9-18(10-14-21)25(30)23-24(22-6-5-15-36-22)29(27(32)26(23)31)20-11-7-19(8-12-20)28(33)35-16-17(2)3/h5-15,17,24,30H,4,16H2,1-3H3/b25-23-. The number of Topliss-reactive ketones (excluding diaryl/α,β-unsaturated/α-hetero) is 1. The summed E-state index contributed by atoms with van der Waals surface area (Å²) in [6.07, 6.45) is 0. The molecule has 36 heavy (non-hydrogen) atoms. The summed E-state index contributed by atoms with van der Waals surface area (Å²) in [6, 6.07) is 15.9. The Balaban J connectivity index is 1.72. The molecule has 7 nitrogen and oxygen atoms in total. The molecule has 1 amide bonds. The lowest BCUT2D eigenvalue weighted by atomic mass is 9.99. The van der Waals surface area contributed by atoms with Gasteiger partial charge in [-0.15, -0.1) is 11.3 Å². The molecule has 1 saturated heterocycles. The molecule has 8 heteroatoms. The predicted octanol–water partition coefficient (Wildman–Crippen LogP) is 5.59. The fraction of sp³-hybridized carbons (Fsp3) is 0.250. The van der Waals surface area contributed by atoms with E-state index in [0.717, 1.165) is 4.88 Å².